The van der Waals surface area contributed by atoms with Gasteiger partial charge in [0, 0.05) is 4.90 Å². The first-order valence-corrected chi connectivity index (χ1v) is 14.4. The van der Waals surface area contributed by atoms with Crippen LogP contribution in [0.15, 0.2) is 99.9 Å². The van der Waals surface area contributed by atoms with Crippen molar-refractivity contribution in [2.45, 2.75) is 30.7 Å². The molecule has 0 aliphatic heterocycles. The highest BCUT2D eigenvalue weighted by atomic mass is 35.5. The SMILES string of the molecule is CC(C)(C)[Si](N=S(=O)(CC(=O)CCl)c1ccccc1)(c1ccccc1)c1ccccc1. The maximum Gasteiger partial charge on any atom is 0.260 e. The second kappa shape index (κ2) is 9.51. The lowest BCUT2D eigenvalue weighted by atomic mass is 10.2. The van der Waals surface area contributed by atoms with E-state index < -0.39 is 18.0 Å². The van der Waals surface area contributed by atoms with Gasteiger partial charge in [-0.25, -0.2) is 4.21 Å². The van der Waals surface area contributed by atoms with Crippen LogP contribution < -0.4 is 10.4 Å². The molecule has 0 saturated carbocycles. The molecule has 0 saturated heterocycles. The Hall–Kier alpha value is -2.21. The highest BCUT2D eigenvalue weighted by Crippen LogP contribution is 2.38. The Morgan fingerprint density at radius 2 is 1.26 bits per heavy atom. The van der Waals surface area contributed by atoms with Crippen molar-refractivity contribution in [3.63, 3.8) is 0 Å². The average molecular weight is 470 g/mol. The molecule has 1 unspecified atom stereocenters. The van der Waals surface area contributed by atoms with Gasteiger partial charge >= 0.3 is 0 Å². The summed E-state index contributed by atoms with van der Waals surface area (Å²) in [6, 6.07) is 29.3. The van der Waals surface area contributed by atoms with Crippen molar-refractivity contribution in [3.05, 3.63) is 91.0 Å². The lowest BCUT2D eigenvalue weighted by Crippen LogP contribution is -2.63. The zero-order valence-electron chi connectivity index (χ0n) is 18.1. The molecule has 0 aliphatic rings. The van der Waals surface area contributed by atoms with E-state index in [0.717, 1.165) is 10.4 Å². The number of alkyl halides is 1. The van der Waals surface area contributed by atoms with Gasteiger partial charge in [0.1, 0.15) is 0 Å². The van der Waals surface area contributed by atoms with Crippen LogP contribution in [0.3, 0.4) is 0 Å². The van der Waals surface area contributed by atoms with E-state index in [4.69, 9.17) is 15.6 Å². The van der Waals surface area contributed by atoms with E-state index in [2.05, 4.69) is 45.0 Å². The van der Waals surface area contributed by atoms with Crippen molar-refractivity contribution in [1.29, 1.82) is 0 Å². The summed E-state index contributed by atoms with van der Waals surface area (Å²) in [4.78, 5) is 13.0. The number of benzene rings is 3. The molecule has 6 heteroatoms. The van der Waals surface area contributed by atoms with E-state index >= 15 is 0 Å². The third-order valence-corrected chi connectivity index (χ3v) is 14.2. The summed E-state index contributed by atoms with van der Waals surface area (Å²) >= 11 is 5.84. The van der Waals surface area contributed by atoms with Crippen LogP contribution in [-0.4, -0.2) is 29.9 Å². The second-order valence-electron chi connectivity index (χ2n) is 8.55. The van der Waals surface area contributed by atoms with Crippen molar-refractivity contribution >= 4 is 45.7 Å². The first kappa shape index (κ1) is 23.5. The number of ketones is 1. The van der Waals surface area contributed by atoms with Crippen LogP contribution in [0.5, 0.6) is 0 Å². The number of carbonyl (C=O) groups is 1. The van der Waals surface area contributed by atoms with Crippen LogP contribution in [0.4, 0.5) is 0 Å². The van der Waals surface area contributed by atoms with Crippen molar-refractivity contribution in [2.75, 3.05) is 11.6 Å². The molecule has 0 heterocycles. The molecule has 0 fully saturated rings. The predicted molar refractivity (Wildman–Crippen MR) is 133 cm³/mol. The fourth-order valence-electron chi connectivity index (χ4n) is 3.91. The van der Waals surface area contributed by atoms with Crippen LogP contribution in [-0.2, 0) is 14.5 Å². The quantitative estimate of drug-likeness (QED) is 0.365. The van der Waals surface area contributed by atoms with Gasteiger partial charge in [-0.2, -0.15) is 0 Å². The number of halogens is 1. The Kier molecular flexibility index (Phi) is 7.19. The average Bonchev–Trinajstić information content (AvgIpc) is 2.78. The zero-order chi connectivity index (χ0) is 22.5. The number of carbonyl (C=O) groups excluding carboxylic acids is 1. The van der Waals surface area contributed by atoms with Crippen molar-refractivity contribution in [3.8, 4) is 0 Å². The summed E-state index contributed by atoms with van der Waals surface area (Å²) in [6.07, 6.45) is 0. The topological polar surface area (TPSA) is 46.5 Å². The molecule has 3 aromatic rings. The second-order valence-corrected chi connectivity index (χ2v) is 15.7. The molecule has 0 radical (unpaired) electrons. The van der Waals surface area contributed by atoms with Gasteiger partial charge in [0.15, 0.2) is 5.78 Å². The first-order valence-electron chi connectivity index (χ1n) is 10.2. The van der Waals surface area contributed by atoms with E-state index in [1.54, 1.807) is 12.1 Å². The Bertz CT molecular complexity index is 1100. The summed E-state index contributed by atoms with van der Waals surface area (Å²) in [7, 11) is -6.06. The summed E-state index contributed by atoms with van der Waals surface area (Å²) in [5, 5.41) is 1.82. The summed E-state index contributed by atoms with van der Waals surface area (Å²) in [5.41, 5.74) is 0. The van der Waals surface area contributed by atoms with E-state index in [9.17, 15) is 9.00 Å². The third kappa shape index (κ3) is 4.84. The molecule has 0 aliphatic carbocycles. The first-order chi connectivity index (χ1) is 14.7. The summed E-state index contributed by atoms with van der Waals surface area (Å²) in [6.45, 7) is 6.45. The number of nitrogens with zero attached hydrogens (tertiary/aromatic N) is 1. The molecule has 0 amide bonds. The fourth-order valence-corrected chi connectivity index (χ4v) is 13.2. The van der Waals surface area contributed by atoms with E-state index in [-0.39, 0.29) is 22.5 Å². The molecule has 162 valence electrons. The number of rotatable bonds is 7. The number of hydrogen-bond acceptors (Lipinski definition) is 3. The van der Waals surface area contributed by atoms with E-state index in [1.807, 2.05) is 54.6 Å². The minimum absolute atomic E-state index is 0.180. The highest BCUT2D eigenvalue weighted by Gasteiger charge is 2.50. The Morgan fingerprint density at radius 3 is 1.65 bits per heavy atom. The van der Waals surface area contributed by atoms with Gasteiger partial charge in [0.05, 0.1) is 21.4 Å². The van der Waals surface area contributed by atoms with Crippen molar-refractivity contribution < 1.29 is 9.00 Å². The molecule has 0 bridgehead atoms. The Morgan fingerprint density at radius 1 is 0.839 bits per heavy atom. The van der Waals surface area contributed by atoms with E-state index in [1.165, 1.54) is 0 Å². The normalized spacial score (nSPS) is 13.9. The molecule has 31 heavy (non-hydrogen) atoms. The molecule has 1 atom stereocenters. The van der Waals surface area contributed by atoms with Crippen LogP contribution >= 0.6 is 11.6 Å². The van der Waals surface area contributed by atoms with Crippen LogP contribution in [0.2, 0.25) is 5.04 Å². The monoisotopic (exact) mass is 469 g/mol. The van der Waals surface area contributed by atoms with Gasteiger partial charge in [-0.05, 0) is 27.5 Å². The summed E-state index contributed by atoms with van der Waals surface area (Å²) < 4.78 is 19.9. The minimum Gasteiger partial charge on any atom is -0.297 e. The Labute approximate surface area is 191 Å². The predicted octanol–water partition coefficient (Wildman–Crippen LogP) is 4.88. The molecular formula is C25H28ClNO2SSi. The van der Waals surface area contributed by atoms with Gasteiger partial charge in [-0.3, -0.25) is 8.82 Å². The van der Waals surface area contributed by atoms with Crippen molar-refractivity contribution in [1.82, 2.24) is 0 Å². The minimum atomic E-state index is -3.06. The zero-order valence-corrected chi connectivity index (χ0v) is 20.7. The summed E-state index contributed by atoms with van der Waals surface area (Å²) in [5.74, 6) is -0.636. The third-order valence-electron chi connectivity index (χ3n) is 5.37. The van der Waals surface area contributed by atoms with Gasteiger partial charge in [-0.15, -0.1) is 11.6 Å². The smallest absolute Gasteiger partial charge is 0.260 e. The largest absolute Gasteiger partial charge is 0.297 e. The molecule has 3 rings (SSSR count). The van der Waals surface area contributed by atoms with Gasteiger partial charge in [-0.1, -0.05) is 99.6 Å². The molecule has 3 aromatic carbocycles. The maximum absolute atomic E-state index is 14.6. The molecular weight excluding hydrogens is 442 g/mol. The van der Waals surface area contributed by atoms with Crippen LogP contribution in [0, 0.1) is 0 Å². The number of Topliss-reactive ketones (excluding diaryl/α,β-unsaturated/α-hetero) is 1. The lowest BCUT2D eigenvalue weighted by Gasteiger charge is -2.40. The maximum atomic E-state index is 14.6. The number of hydrogen-bond donors (Lipinski definition) is 0. The van der Waals surface area contributed by atoms with Gasteiger partial charge < -0.3 is 0 Å². The van der Waals surface area contributed by atoms with Crippen LogP contribution in [0.25, 0.3) is 0 Å². The lowest BCUT2D eigenvalue weighted by molar-refractivity contribution is -0.114. The Balaban J connectivity index is 2.46. The molecule has 3 nitrogen and oxygen atoms in total. The highest BCUT2D eigenvalue weighted by molar-refractivity contribution is 7.95. The van der Waals surface area contributed by atoms with Gasteiger partial charge in [0.25, 0.3) is 8.24 Å². The molecule has 0 N–H and O–H groups in total. The van der Waals surface area contributed by atoms with Crippen molar-refractivity contribution in [2.24, 2.45) is 4.03 Å². The fraction of sp³-hybridized carbons (Fsp3) is 0.240. The molecule has 0 spiro atoms. The standard InChI is InChI=1S/C25H28ClNO2SSi/c1-25(2,3)31(23-15-9-5-10-16-23,24-17-11-6-12-18-24)27-30(29,20-21(28)19-26)22-13-7-4-8-14-22/h4-18H,19-20H2,1-3H3. The van der Waals surface area contributed by atoms with E-state index in [0.29, 0.717) is 4.90 Å². The molecule has 0 aromatic heterocycles. The van der Waals surface area contributed by atoms with Crippen LogP contribution in [0.1, 0.15) is 20.8 Å². The van der Waals surface area contributed by atoms with Gasteiger partial charge in [0.2, 0.25) is 0 Å².